The molecule has 0 aliphatic carbocycles. The van der Waals surface area contributed by atoms with Gasteiger partial charge in [-0.15, -0.1) is 0 Å². The molecule has 2 aromatic rings. The number of rotatable bonds is 9. The molecule has 0 heterocycles. The Bertz CT molecular complexity index is 687. The molecule has 0 saturated carbocycles. The van der Waals surface area contributed by atoms with Gasteiger partial charge >= 0.3 is 0 Å². The van der Waals surface area contributed by atoms with Crippen LogP contribution < -0.4 is 5.73 Å². The third-order valence-electron chi connectivity index (χ3n) is 3.93. The van der Waals surface area contributed by atoms with Crippen LogP contribution in [0.15, 0.2) is 54.6 Å². The summed E-state index contributed by atoms with van der Waals surface area (Å²) in [6.45, 7) is 1.58. The molecule has 5 heteroatoms. The number of halogens is 1. The van der Waals surface area contributed by atoms with E-state index in [9.17, 15) is 14.0 Å². The first-order valence-corrected chi connectivity index (χ1v) is 8.40. The van der Waals surface area contributed by atoms with Gasteiger partial charge in [0.25, 0.3) is 0 Å². The Balaban J connectivity index is 1.93. The lowest BCUT2D eigenvalue weighted by Crippen LogP contribution is -2.32. The molecule has 0 saturated heterocycles. The second-order valence-corrected chi connectivity index (χ2v) is 5.87. The van der Waals surface area contributed by atoms with Crippen LogP contribution in [0.25, 0.3) is 0 Å². The van der Waals surface area contributed by atoms with Gasteiger partial charge in [-0.2, -0.15) is 0 Å². The summed E-state index contributed by atoms with van der Waals surface area (Å²) in [6.07, 6.45) is 0.955. The van der Waals surface area contributed by atoms with Crippen molar-refractivity contribution >= 4 is 11.7 Å². The predicted molar refractivity (Wildman–Crippen MR) is 95.5 cm³/mol. The fourth-order valence-electron chi connectivity index (χ4n) is 2.54. The second-order valence-electron chi connectivity index (χ2n) is 5.87. The van der Waals surface area contributed by atoms with Crippen LogP contribution in [0.4, 0.5) is 4.39 Å². The van der Waals surface area contributed by atoms with Crippen LogP contribution in [0.2, 0.25) is 0 Å². The molecular weight excluding hydrogens is 319 g/mol. The van der Waals surface area contributed by atoms with Gasteiger partial charge in [-0.1, -0.05) is 30.3 Å². The molecule has 2 aromatic carbocycles. The second kappa shape index (κ2) is 9.69. The third kappa shape index (κ3) is 6.12. The fourth-order valence-corrected chi connectivity index (χ4v) is 2.54. The van der Waals surface area contributed by atoms with Crippen molar-refractivity contribution in [3.8, 4) is 0 Å². The Hall–Kier alpha value is -2.53. The number of carbonyl (C=O) groups excluding carboxylic acids is 2. The van der Waals surface area contributed by atoms with Crippen molar-refractivity contribution in [2.75, 3.05) is 13.1 Å². The smallest absolute Gasteiger partial charge is 0.223 e. The molecule has 4 nitrogen and oxygen atoms in total. The van der Waals surface area contributed by atoms with E-state index in [4.69, 9.17) is 5.73 Å². The minimum absolute atomic E-state index is 0.0761. The van der Waals surface area contributed by atoms with E-state index in [0.29, 0.717) is 31.6 Å². The van der Waals surface area contributed by atoms with Crippen LogP contribution in [-0.4, -0.2) is 29.7 Å². The number of ketones is 1. The summed E-state index contributed by atoms with van der Waals surface area (Å²) in [5.41, 5.74) is 7.02. The lowest BCUT2D eigenvalue weighted by molar-refractivity contribution is -0.131. The summed E-state index contributed by atoms with van der Waals surface area (Å²) >= 11 is 0. The first kappa shape index (κ1) is 18.8. The number of amides is 1. The highest BCUT2D eigenvalue weighted by atomic mass is 19.1. The van der Waals surface area contributed by atoms with Crippen molar-refractivity contribution in [2.24, 2.45) is 5.73 Å². The van der Waals surface area contributed by atoms with Gasteiger partial charge in [0, 0.05) is 31.5 Å². The molecule has 2 N–H and O–H groups in total. The monoisotopic (exact) mass is 342 g/mol. The predicted octanol–water partition coefficient (Wildman–Crippen LogP) is 3.17. The molecule has 0 radical (unpaired) electrons. The molecule has 0 aromatic heterocycles. The molecule has 2 rings (SSSR count). The van der Waals surface area contributed by atoms with Gasteiger partial charge in [0.15, 0.2) is 5.78 Å². The van der Waals surface area contributed by atoms with E-state index in [1.807, 2.05) is 30.3 Å². The van der Waals surface area contributed by atoms with E-state index in [-0.39, 0.29) is 30.3 Å². The third-order valence-corrected chi connectivity index (χ3v) is 3.93. The van der Waals surface area contributed by atoms with Crippen molar-refractivity contribution < 1.29 is 14.0 Å². The van der Waals surface area contributed by atoms with Crippen molar-refractivity contribution in [2.45, 2.75) is 25.8 Å². The molecule has 0 aliphatic rings. The van der Waals surface area contributed by atoms with E-state index in [1.165, 1.54) is 24.3 Å². The number of hydrogen-bond acceptors (Lipinski definition) is 3. The maximum absolute atomic E-state index is 12.9. The molecule has 0 fully saturated rings. The highest BCUT2D eigenvalue weighted by Crippen LogP contribution is 2.11. The molecular formula is C20H23FN2O2. The summed E-state index contributed by atoms with van der Waals surface area (Å²) in [6, 6.07) is 15.1. The normalized spacial score (nSPS) is 10.5. The Kier molecular flexibility index (Phi) is 7.29. The minimum Gasteiger partial charge on any atom is -0.338 e. The van der Waals surface area contributed by atoms with Gasteiger partial charge in [-0.25, -0.2) is 4.39 Å². The molecule has 0 spiro atoms. The fraction of sp³-hybridized carbons (Fsp3) is 0.300. The van der Waals surface area contributed by atoms with Gasteiger partial charge in [0.05, 0.1) is 0 Å². The zero-order chi connectivity index (χ0) is 18.1. The quantitative estimate of drug-likeness (QED) is 0.712. The van der Waals surface area contributed by atoms with Crippen molar-refractivity contribution in [3.05, 3.63) is 71.5 Å². The molecule has 0 atom stereocenters. The average molecular weight is 342 g/mol. The number of nitrogens with two attached hydrogens (primary N) is 1. The summed E-state index contributed by atoms with van der Waals surface area (Å²) in [4.78, 5) is 26.4. The molecule has 0 bridgehead atoms. The van der Waals surface area contributed by atoms with Crippen LogP contribution in [0, 0.1) is 5.82 Å². The van der Waals surface area contributed by atoms with Gasteiger partial charge < -0.3 is 10.6 Å². The standard InChI is InChI=1S/C20H23FN2O2/c21-18-9-7-17(8-10-18)19(24)11-12-20(25)23(14-4-13-22)15-16-5-2-1-3-6-16/h1-3,5-10H,4,11-15,22H2. The zero-order valence-electron chi connectivity index (χ0n) is 14.2. The molecule has 132 valence electrons. The Morgan fingerprint density at radius 3 is 2.28 bits per heavy atom. The van der Waals surface area contributed by atoms with E-state index < -0.39 is 0 Å². The topological polar surface area (TPSA) is 63.4 Å². The summed E-state index contributed by atoms with van der Waals surface area (Å²) in [5, 5.41) is 0. The van der Waals surface area contributed by atoms with E-state index in [2.05, 4.69) is 0 Å². The van der Waals surface area contributed by atoms with Crippen LogP contribution >= 0.6 is 0 Å². The number of Topliss-reactive ketones (excluding diaryl/α,β-unsaturated/α-hetero) is 1. The molecule has 0 unspecified atom stereocenters. The summed E-state index contributed by atoms with van der Waals surface area (Å²) in [7, 11) is 0. The molecule has 1 amide bonds. The van der Waals surface area contributed by atoms with Gasteiger partial charge in [-0.3, -0.25) is 9.59 Å². The number of benzene rings is 2. The lowest BCUT2D eigenvalue weighted by atomic mass is 10.1. The summed E-state index contributed by atoms with van der Waals surface area (Å²) in [5.74, 6) is -0.622. The minimum atomic E-state index is -0.386. The first-order valence-electron chi connectivity index (χ1n) is 8.40. The number of hydrogen-bond donors (Lipinski definition) is 1. The van der Waals surface area contributed by atoms with Crippen LogP contribution in [0.1, 0.15) is 35.2 Å². The zero-order valence-corrected chi connectivity index (χ0v) is 14.2. The van der Waals surface area contributed by atoms with Crippen LogP contribution in [-0.2, 0) is 11.3 Å². The summed E-state index contributed by atoms with van der Waals surface area (Å²) < 4.78 is 12.9. The maximum atomic E-state index is 12.9. The maximum Gasteiger partial charge on any atom is 0.223 e. The number of carbonyl (C=O) groups is 2. The van der Waals surface area contributed by atoms with Gasteiger partial charge in [0.2, 0.25) is 5.91 Å². The van der Waals surface area contributed by atoms with E-state index in [1.54, 1.807) is 4.90 Å². The van der Waals surface area contributed by atoms with Crippen LogP contribution in [0.5, 0.6) is 0 Å². The SMILES string of the molecule is NCCCN(Cc1ccccc1)C(=O)CCC(=O)c1ccc(F)cc1. The Morgan fingerprint density at radius 1 is 0.960 bits per heavy atom. The van der Waals surface area contributed by atoms with Gasteiger partial charge in [0.1, 0.15) is 5.82 Å². The average Bonchev–Trinajstić information content (AvgIpc) is 2.64. The van der Waals surface area contributed by atoms with Crippen LogP contribution in [0.3, 0.4) is 0 Å². The van der Waals surface area contributed by atoms with Crippen molar-refractivity contribution in [1.82, 2.24) is 4.90 Å². The van der Waals surface area contributed by atoms with Crippen molar-refractivity contribution in [3.63, 3.8) is 0 Å². The molecule has 25 heavy (non-hydrogen) atoms. The van der Waals surface area contributed by atoms with E-state index >= 15 is 0 Å². The lowest BCUT2D eigenvalue weighted by Gasteiger charge is -2.22. The van der Waals surface area contributed by atoms with Crippen molar-refractivity contribution in [1.29, 1.82) is 0 Å². The highest BCUT2D eigenvalue weighted by molar-refractivity contribution is 5.97. The number of nitrogens with zero attached hydrogens (tertiary/aromatic N) is 1. The largest absolute Gasteiger partial charge is 0.338 e. The first-order chi connectivity index (χ1) is 12.1. The molecule has 0 aliphatic heterocycles. The van der Waals surface area contributed by atoms with Gasteiger partial charge in [-0.05, 0) is 42.8 Å². The Morgan fingerprint density at radius 2 is 1.64 bits per heavy atom. The Labute approximate surface area is 147 Å². The highest BCUT2D eigenvalue weighted by Gasteiger charge is 2.16. The van der Waals surface area contributed by atoms with E-state index in [0.717, 1.165) is 5.56 Å².